The van der Waals surface area contributed by atoms with Crippen LogP contribution in [0.4, 0.5) is 0 Å². The topological polar surface area (TPSA) is 66.4 Å². The van der Waals surface area contributed by atoms with Crippen LogP contribution in [0.15, 0.2) is 5.03 Å². The van der Waals surface area contributed by atoms with E-state index < -0.39 is 0 Å². The van der Waals surface area contributed by atoms with Gasteiger partial charge in [0.15, 0.2) is 0 Å². The number of rotatable bonds is 3. The summed E-state index contributed by atoms with van der Waals surface area (Å²) in [5.41, 5.74) is 1.40. The highest BCUT2D eigenvalue weighted by Crippen LogP contribution is 2.40. The predicted octanol–water partition coefficient (Wildman–Crippen LogP) is 2.27. The summed E-state index contributed by atoms with van der Waals surface area (Å²) >= 11 is 3.31. The first-order chi connectivity index (χ1) is 12.5. The maximum Gasteiger partial charge on any atom is 0.233 e. The van der Waals surface area contributed by atoms with Gasteiger partial charge in [0.2, 0.25) is 11.8 Å². The summed E-state index contributed by atoms with van der Waals surface area (Å²) in [6.45, 7) is 5.98. The lowest BCUT2D eigenvalue weighted by Crippen LogP contribution is -2.50. The van der Waals surface area contributed by atoms with Crippen LogP contribution in [0.5, 0.6) is 0 Å². The van der Waals surface area contributed by atoms with Crippen molar-refractivity contribution in [3.63, 3.8) is 0 Å². The smallest absolute Gasteiger partial charge is 0.233 e. The molecule has 0 atom stereocenters. The van der Waals surface area contributed by atoms with E-state index in [9.17, 15) is 9.59 Å². The quantitative estimate of drug-likeness (QED) is 0.594. The highest BCUT2D eigenvalue weighted by atomic mass is 32.2. The number of hydrogen-bond acceptors (Lipinski definition) is 6. The molecule has 1 aliphatic carbocycles. The summed E-state index contributed by atoms with van der Waals surface area (Å²) in [7, 11) is 0. The highest BCUT2D eigenvalue weighted by Gasteiger charge is 2.25. The number of thiophene rings is 1. The second-order valence-electron chi connectivity index (χ2n) is 6.79. The molecule has 0 bridgehead atoms. The number of nitrogens with zero attached hydrogens (tertiary/aromatic N) is 4. The molecule has 1 fully saturated rings. The number of hydrogen-bond donors (Lipinski definition) is 0. The van der Waals surface area contributed by atoms with E-state index in [0.29, 0.717) is 31.9 Å². The van der Waals surface area contributed by atoms with Crippen molar-refractivity contribution in [1.29, 1.82) is 0 Å². The molecule has 2 aromatic heterocycles. The molecule has 0 radical (unpaired) electrons. The van der Waals surface area contributed by atoms with Crippen LogP contribution < -0.4 is 0 Å². The zero-order valence-corrected chi connectivity index (χ0v) is 16.7. The van der Waals surface area contributed by atoms with Gasteiger partial charge in [-0.05, 0) is 31.7 Å². The number of carbonyl (C=O) groups excluding carboxylic acids is 2. The first-order valence-electron chi connectivity index (χ1n) is 8.98. The van der Waals surface area contributed by atoms with Gasteiger partial charge in [-0.25, -0.2) is 9.97 Å². The van der Waals surface area contributed by atoms with Crippen molar-refractivity contribution in [3.8, 4) is 0 Å². The lowest BCUT2D eigenvalue weighted by atomic mass is 10.2. The Labute approximate surface area is 161 Å². The zero-order valence-electron chi connectivity index (χ0n) is 15.1. The Morgan fingerprint density at radius 1 is 1.12 bits per heavy atom. The number of carbonyl (C=O) groups is 2. The van der Waals surface area contributed by atoms with Crippen molar-refractivity contribution in [1.82, 2.24) is 19.8 Å². The molecule has 1 aliphatic heterocycles. The Morgan fingerprint density at radius 3 is 2.58 bits per heavy atom. The van der Waals surface area contributed by atoms with Crippen LogP contribution in [0.25, 0.3) is 10.2 Å². The van der Waals surface area contributed by atoms with Crippen LogP contribution in [0.3, 0.4) is 0 Å². The minimum atomic E-state index is 0.0802. The number of aromatic nitrogens is 2. The van der Waals surface area contributed by atoms with E-state index in [4.69, 9.17) is 0 Å². The van der Waals surface area contributed by atoms with E-state index in [2.05, 4.69) is 9.97 Å². The second-order valence-corrected chi connectivity index (χ2v) is 8.84. The average Bonchev–Trinajstić information content (AvgIpc) is 3.19. The SMILES string of the molecule is CC(=O)N1CCN(C(=O)CSc2nc(C)nc3sc4c(c23)CCC4)CC1. The van der Waals surface area contributed by atoms with E-state index in [1.165, 1.54) is 34.0 Å². The number of aryl methyl sites for hydroxylation is 3. The molecule has 3 heterocycles. The molecule has 6 nitrogen and oxygen atoms in total. The first kappa shape index (κ1) is 17.7. The van der Waals surface area contributed by atoms with E-state index >= 15 is 0 Å². The fourth-order valence-electron chi connectivity index (χ4n) is 3.66. The van der Waals surface area contributed by atoms with Gasteiger partial charge < -0.3 is 9.80 Å². The van der Waals surface area contributed by atoms with Crippen molar-refractivity contribution >= 4 is 45.1 Å². The number of amides is 2. The molecule has 8 heteroatoms. The van der Waals surface area contributed by atoms with Crippen molar-refractivity contribution in [2.24, 2.45) is 0 Å². The van der Waals surface area contributed by atoms with Crippen LogP contribution >= 0.6 is 23.1 Å². The number of thioether (sulfide) groups is 1. The molecule has 0 N–H and O–H groups in total. The van der Waals surface area contributed by atoms with E-state index in [-0.39, 0.29) is 11.8 Å². The molecular formula is C18H22N4O2S2. The van der Waals surface area contributed by atoms with Crippen molar-refractivity contribution in [2.75, 3.05) is 31.9 Å². The molecule has 2 aliphatic rings. The third-order valence-corrected chi connectivity index (χ3v) is 7.20. The Balaban J connectivity index is 1.46. The van der Waals surface area contributed by atoms with Gasteiger partial charge in [0, 0.05) is 43.4 Å². The largest absolute Gasteiger partial charge is 0.339 e. The summed E-state index contributed by atoms with van der Waals surface area (Å²) in [6.07, 6.45) is 3.43. The third-order valence-electron chi connectivity index (χ3n) is 5.05. The van der Waals surface area contributed by atoms with Gasteiger partial charge in [0.05, 0.1) is 5.75 Å². The van der Waals surface area contributed by atoms with Gasteiger partial charge in [0.25, 0.3) is 0 Å². The lowest BCUT2D eigenvalue weighted by Gasteiger charge is -2.34. The van der Waals surface area contributed by atoms with Gasteiger partial charge in [-0.3, -0.25) is 9.59 Å². The Hall–Kier alpha value is -1.67. The molecule has 0 aromatic carbocycles. The van der Waals surface area contributed by atoms with E-state index in [0.717, 1.165) is 28.5 Å². The standard InChI is InChI=1S/C18H22N4O2S2/c1-11-19-17(16-13-4-3-5-14(13)26-18(16)20-11)25-10-15(24)22-8-6-21(7-9-22)12(2)23/h3-10H2,1-2H3. The Kier molecular flexibility index (Phi) is 4.88. The molecule has 0 spiro atoms. The van der Waals surface area contributed by atoms with Crippen molar-refractivity contribution in [2.45, 2.75) is 38.1 Å². The summed E-state index contributed by atoms with van der Waals surface area (Å²) in [6, 6.07) is 0. The predicted molar refractivity (Wildman–Crippen MR) is 104 cm³/mol. The van der Waals surface area contributed by atoms with Gasteiger partial charge in [-0.2, -0.15) is 0 Å². The van der Waals surface area contributed by atoms with E-state index in [1.54, 1.807) is 23.2 Å². The Bertz CT molecular complexity index is 872. The monoisotopic (exact) mass is 390 g/mol. The van der Waals surface area contributed by atoms with Gasteiger partial charge in [0.1, 0.15) is 15.7 Å². The third kappa shape index (κ3) is 3.32. The molecular weight excluding hydrogens is 368 g/mol. The second kappa shape index (κ2) is 7.15. The molecule has 0 unspecified atom stereocenters. The van der Waals surface area contributed by atoms with Crippen LogP contribution in [0.1, 0.15) is 29.6 Å². The van der Waals surface area contributed by atoms with E-state index in [1.807, 2.05) is 11.8 Å². The number of fused-ring (bicyclic) bond motifs is 3. The highest BCUT2D eigenvalue weighted by molar-refractivity contribution is 8.00. The summed E-state index contributed by atoms with van der Waals surface area (Å²) in [5, 5.41) is 2.12. The summed E-state index contributed by atoms with van der Waals surface area (Å²) < 4.78 is 0. The fourth-order valence-corrected chi connectivity index (χ4v) is 6.04. The normalized spacial score (nSPS) is 17.0. The molecule has 0 saturated carbocycles. The van der Waals surface area contributed by atoms with Crippen LogP contribution in [0, 0.1) is 6.92 Å². The Morgan fingerprint density at radius 2 is 1.85 bits per heavy atom. The fraction of sp³-hybridized carbons (Fsp3) is 0.556. The van der Waals surface area contributed by atoms with Crippen molar-refractivity contribution in [3.05, 3.63) is 16.3 Å². The minimum Gasteiger partial charge on any atom is -0.339 e. The maximum atomic E-state index is 12.6. The average molecular weight is 391 g/mol. The summed E-state index contributed by atoms with van der Waals surface area (Å²) in [5.74, 6) is 1.35. The number of piperazine rings is 1. The zero-order chi connectivity index (χ0) is 18.3. The summed E-state index contributed by atoms with van der Waals surface area (Å²) in [4.78, 5) is 39.4. The first-order valence-corrected chi connectivity index (χ1v) is 10.8. The van der Waals surface area contributed by atoms with Crippen molar-refractivity contribution < 1.29 is 9.59 Å². The molecule has 2 amide bonds. The van der Waals surface area contributed by atoms with Crippen LogP contribution in [0.2, 0.25) is 0 Å². The van der Waals surface area contributed by atoms with Crippen LogP contribution in [-0.2, 0) is 22.4 Å². The molecule has 1 saturated heterocycles. The van der Waals surface area contributed by atoms with Crippen LogP contribution in [-0.4, -0.2) is 63.5 Å². The molecule has 26 heavy (non-hydrogen) atoms. The maximum absolute atomic E-state index is 12.6. The van der Waals surface area contributed by atoms with Gasteiger partial charge in [-0.15, -0.1) is 11.3 Å². The van der Waals surface area contributed by atoms with Gasteiger partial charge in [-0.1, -0.05) is 11.8 Å². The van der Waals surface area contributed by atoms with Gasteiger partial charge >= 0.3 is 0 Å². The molecule has 2 aromatic rings. The molecule has 138 valence electrons. The lowest BCUT2D eigenvalue weighted by molar-refractivity contribution is -0.136. The minimum absolute atomic E-state index is 0.0802. The molecule has 4 rings (SSSR count).